The Balaban J connectivity index is 1.61. The Labute approximate surface area is 148 Å². The van der Waals surface area contributed by atoms with E-state index >= 15 is 0 Å². The fourth-order valence-electron chi connectivity index (χ4n) is 2.10. The minimum absolute atomic E-state index is 0.290. The molecule has 24 heavy (non-hydrogen) atoms. The van der Waals surface area contributed by atoms with E-state index in [2.05, 4.69) is 15.6 Å². The average molecular weight is 362 g/mol. The molecule has 7 heteroatoms. The third kappa shape index (κ3) is 3.77. The predicted octanol–water partition coefficient (Wildman–Crippen LogP) is 5.00. The number of aryl methyl sites for hydroxylation is 2. The summed E-state index contributed by atoms with van der Waals surface area (Å²) in [5.41, 5.74) is 2.50. The zero-order valence-electron chi connectivity index (χ0n) is 13.2. The highest BCUT2D eigenvalue weighted by molar-refractivity contribution is 7.15. The Hall–Kier alpha value is -2.31. The number of halogens is 1. The summed E-state index contributed by atoms with van der Waals surface area (Å²) < 4.78 is 5.35. The van der Waals surface area contributed by atoms with E-state index in [4.69, 9.17) is 16.0 Å². The maximum atomic E-state index is 12.0. The molecule has 0 bridgehead atoms. The Morgan fingerprint density at radius 2 is 2.17 bits per heavy atom. The second kappa shape index (κ2) is 7.07. The summed E-state index contributed by atoms with van der Waals surface area (Å²) in [5, 5.41) is 7.02. The van der Waals surface area contributed by atoms with Crippen molar-refractivity contribution in [1.29, 1.82) is 0 Å². The van der Waals surface area contributed by atoms with E-state index < -0.39 is 0 Å². The highest BCUT2D eigenvalue weighted by Crippen LogP contribution is 2.28. The summed E-state index contributed by atoms with van der Waals surface area (Å²) >= 11 is 7.56. The molecule has 2 heterocycles. The smallest absolute Gasteiger partial charge is 0.319 e. The standard InChI is InChI=1S/C17H16ClN3O2S/c1-10-5-6-12(8-13(10)18)21-17(22)19-9-15-11(2)20-16(24-15)14-4-3-7-23-14/h3-8H,9H2,1-2H3,(H2,19,21,22). The van der Waals surface area contributed by atoms with Crippen LogP contribution in [0.1, 0.15) is 16.1 Å². The van der Waals surface area contributed by atoms with Crippen LogP contribution in [0.4, 0.5) is 10.5 Å². The first-order chi connectivity index (χ1) is 11.5. The number of carbonyl (C=O) groups excluding carboxylic acids is 1. The van der Waals surface area contributed by atoms with Crippen LogP contribution in [-0.4, -0.2) is 11.0 Å². The van der Waals surface area contributed by atoms with Crippen molar-refractivity contribution in [1.82, 2.24) is 10.3 Å². The van der Waals surface area contributed by atoms with Crippen LogP contribution in [0.25, 0.3) is 10.8 Å². The second-order valence-electron chi connectivity index (χ2n) is 5.28. The van der Waals surface area contributed by atoms with Gasteiger partial charge < -0.3 is 15.1 Å². The fourth-order valence-corrected chi connectivity index (χ4v) is 3.26. The number of nitrogens with one attached hydrogen (secondary N) is 2. The first-order valence-corrected chi connectivity index (χ1v) is 8.53. The van der Waals surface area contributed by atoms with Crippen molar-refractivity contribution in [3.63, 3.8) is 0 Å². The van der Waals surface area contributed by atoms with Crippen LogP contribution in [0.2, 0.25) is 5.02 Å². The molecule has 0 spiro atoms. The molecular formula is C17H16ClN3O2S. The number of aromatic nitrogens is 1. The molecule has 1 aromatic carbocycles. The summed E-state index contributed by atoms with van der Waals surface area (Å²) in [5.74, 6) is 0.730. The number of anilines is 1. The van der Waals surface area contributed by atoms with Gasteiger partial charge in [-0.1, -0.05) is 17.7 Å². The topological polar surface area (TPSA) is 67.2 Å². The van der Waals surface area contributed by atoms with Gasteiger partial charge in [-0.2, -0.15) is 0 Å². The lowest BCUT2D eigenvalue weighted by atomic mass is 10.2. The molecule has 0 aliphatic carbocycles. The van der Waals surface area contributed by atoms with Gasteiger partial charge in [0.2, 0.25) is 0 Å². The number of amides is 2. The Morgan fingerprint density at radius 3 is 2.88 bits per heavy atom. The molecule has 0 aliphatic rings. The zero-order valence-corrected chi connectivity index (χ0v) is 14.8. The van der Waals surface area contributed by atoms with Crippen LogP contribution in [0.15, 0.2) is 41.0 Å². The molecule has 0 fully saturated rings. The SMILES string of the molecule is Cc1ccc(NC(=O)NCc2sc(-c3ccco3)nc2C)cc1Cl. The molecule has 0 atom stereocenters. The number of hydrogen-bond donors (Lipinski definition) is 2. The van der Waals surface area contributed by atoms with E-state index in [1.807, 2.05) is 38.1 Å². The fraction of sp³-hybridized carbons (Fsp3) is 0.176. The van der Waals surface area contributed by atoms with E-state index in [1.54, 1.807) is 12.3 Å². The number of thiazole rings is 1. The summed E-state index contributed by atoms with van der Waals surface area (Å²) in [7, 11) is 0. The van der Waals surface area contributed by atoms with Gasteiger partial charge in [0.1, 0.15) is 0 Å². The average Bonchev–Trinajstić information content (AvgIpc) is 3.18. The van der Waals surface area contributed by atoms with E-state index in [0.29, 0.717) is 17.3 Å². The summed E-state index contributed by atoms with van der Waals surface area (Å²) in [4.78, 5) is 17.5. The number of hydrogen-bond acceptors (Lipinski definition) is 4. The molecule has 2 amide bonds. The molecule has 3 rings (SSSR count). The molecule has 2 aromatic heterocycles. The zero-order chi connectivity index (χ0) is 17.1. The first kappa shape index (κ1) is 16.5. The van der Waals surface area contributed by atoms with Gasteiger partial charge in [-0.15, -0.1) is 11.3 Å². The monoisotopic (exact) mass is 361 g/mol. The maximum absolute atomic E-state index is 12.0. The highest BCUT2D eigenvalue weighted by atomic mass is 35.5. The molecular weight excluding hydrogens is 346 g/mol. The van der Waals surface area contributed by atoms with E-state index in [-0.39, 0.29) is 6.03 Å². The lowest BCUT2D eigenvalue weighted by molar-refractivity contribution is 0.252. The van der Waals surface area contributed by atoms with Crippen LogP contribution in [0.3, 0.4) is 0 Å². The van der Waals surface area contributed by atoms with Gasteiger partial charge in [0.15, 0.2) is 10.8 Å². The van der Waals surface area contributed by atoms with Crippen molar-refractivity contribution in [2.24, 2.45) is 0 Å². The summed E-state index contributed by atoms with van der Waals surface area (Å²) in [6.45, 7) is 4.22. The molecule has 5 nitrogen and oxygen atoms in total. The van der Waals surface area contributed by atoms with Gasteiger partial charge in [0.05, 0.1) is 18.5 Å². The molecule has 0 aliphatic heterocycles. The Bertz CT molecular complexity index is 859. The van der Waals surface area contributed by atoms with Crippen LogP contribution in [0.5, 0.6) is 0 Å². The van der Waals surface area contributed by atoms with Crippen molar-refractivity contribution in [2.45, 2.75) is 20.4 Å². The molecule has 3 aromatic rings. The second-order valence-corrected chi connectivity index (χ2v) is 6.77. The van der Waals surface area contributed by atoms with Crippen LogP contribution >= 0.6 is 22.9 Å². The van der Waals surface area contributed by atoms with Crippen molar-refractivity contribution in [2.75, 3.05) is 5.32 Å². The van der Waals surface area contributed by atoms with Crippen LogP contribution < -0.4 is 10.6 Å². The molecule has 124 valence electrons. The largest absolute Gasteiger partial charge is 0.462 e. The van der Waals surface area contributed by atoms with Gasteiger partial charge in [0.25, 0.3) is 0 Å². The van der Waals surface area contributed by atoms with Gasteiger partial charge in [0, 0.05) is 15.6 Å². The molecule has 0 unspecified atom stereocenters. The minimum Gasteiger partial charge on any atom is -0.462 e. The summed E-state index contributed by atoms with van der Waals surface area (Å²) in [6.07, 6.45) is 1.62. The first-order valence-electron chi connectivity index (χ1n) is 7.34. The van der Waals surface area contributed by atoms with E-state index in [1.165, 1.54) is 11.3 Å². The van der Waals surface area contributed by atoms with Crippen LogP contribution in [0, 0.1) is 13.8 Å². The van der Waals surface area contributed by atoms with Crippen molar-refractivity contribution >= 4 is 34.7 Å². The van der Waals surface area contributed by atoms with E-state index in [9.17, 15) is 4.79 Å². The highest BCUT2D eigenvalue weighted by Gasteiger charge is 2.12. The third-order valence-corrected chi connectivity index (χ3v) is 5.04. The van der Waals surface area contributed by atoms with Gasteiger partial charge in [-0.25, -0.2) is 9.78 Å². The molecule has 0 saturated carbocycles. The maximum Gasteiger partial charge on any atom is 0.319 e. The van der Waals surface area contributed by atoms with Gasteiger partial charge in [-0.3, -0.25) is 0 Å². The predicted molar refractivity (Wildman–Crippen MR) is 96.6 cm³/mol. The number of rotatable bonds is 4. The lowest BCUT2D eigenvalue weighted by Crippen LogP contribution is -2.28. The number of benzene rings is 1. The van der Waals surface area contributed by atoms with E-state index in [0.717, 1.165) is 26.9 Å². The van der Waals surface area contributed by atoms with Gasteiger partial charge in [-0.05, 0) is 43.7 Å². The minimum atomic E-state index is -0.290. The van der Waals surface area contributed by atoms with Crippen molar-refractivity contribution < 1.29 is 9.21 Å². The Morgan fingerprint density at radius 1 is 1.33 bits per heavy atom. The number of nitrogens with zero attached hydrogens (tertiary/aromatic N) is 1. The summed E-state index contributed by atoms with van der Waals surface area (Å²) in [6, 6.07) is 8.80. The number of carbonyl (C=O) groups is 1. The molecule has 0 radical (unpaired) electrons. The number of furan rings is 1. The quantitative estimate of drug-likeness (QED) is 0.687. The van der Waals surface area contributed by atoms with Crippen molar-refractivity contribution in [3.05, 3.63) is 57.8 Å². The lowest BCUT2D eigenvalue weighted by Gasteiger charge is -2.08. The normalized spacial score (nSPS) is 10.6. The number of urea groups is 1. The van der Waals surface area contributed by atoms with Crippen LogP contribution in [-0.2, 0) is 6.54 Å². The molecule has 2 N–H and O–H groups in total. The molecule has 0 saturated heterocycles. The Kier molecular flexibility index (Phi) is 4.87. The van der Waals surface area contributed by atoms with Gasteiger partial charge >= 0.3 is 6.03 Å². The third-order valence-electron chi connectivity index (χ3n) is 3.46. The van der Waals surface area contributed by atoms with Crippen molar-refractivity contribution in [3.8, 4) is 10.8 Å².